The molecule has 0 bridgehead atoms. The van der Waals surface area contributed by atoms with Crippen molar-refractivity contribution in [1.82, 2.24) is 0 Å². The predicted octanol–water partition coefficient (Wildman–Crippen LogP) is 1.96. The fourth-order valence-electron chi connectivity index (χ4n) is 1.99. The highest BCUT2D eigenvalue weighted by Crippen LogP contribution is 2.38. The lowest BCUT2D eigenvalue weighted by molar-refractivity contribution is 0.130. The number of phenolic OH excluding ortho intramolecular Hbond substituents is 1. The minimum absolute atomic E-state index is 0.0285. The molecule has 19 heavy (non-hydrogen) atoms. The van der Waals surface area contributed by atoms with Crippen molar-refractivity contribution >= 4 is 0 Å². The van der Waals surface area contributed by atoms with Gasteiger partial charge >= 0.3 is 0 Å². The lowest BCUT2D eigenvalue weighted by atomic mass is 9.96. The number of rotatable bonds is 7. The van der Waals surface area contributed by atoms with Gasteiger partial charge in [-0.05, 0) is 6.42 Å². The number of aliphatic hydroxyl groups excluding tert-OH is 1. The zero-order valence-corrected chi connectivity index (χ0v) is 11.7. The summed E-state index contributed by atoms with van der Waals surface area (Å²) in [6.07, 6.45) is 1.74. The Hall–Kier alpha value is -1.46. The molecule has 0 unspecified atom stereocenters. The molecular formula is C14H23NO4. The molecule has 0 aliphatic carbocycles. The van der Waals surface area contributed by atoms with Gasteiger partial charge in [-0.3, -0.25) is 0 Å². The number of aliphatic hydroxyl groups is 1. The van der Waals surface area contributed by atoms with Crippen LogP contribution in [0.25, 0.3) is 0 Å². The Labute approximate surface area is 114 Å². The smallest absolute Gasteiger partial charge is 0.131 e. The van der Waals surface area contributed by atoms with Gasteiger partial charge in [0.2, 0.25) is 0 Å². The molecule has 0 heterocycles. The molecule has 0 amide bonds. The predicted molar refractivity (Wildman–Crippen MR) is 73.7 cm³/mol. The number of hydrogen-bond donors (Lipinski definition) is 3. The van der Waals surface area contributed by atoms with E-state index < -0.39 is 12.1 Å². The molecule has 2 atom stereocenters. The normalized spacial score (nSPS) is 13.9. The molecule has 5 nitrogen and oxygen atoms in total. The third-order valence-corrected chi connectivity index (χ3v) is 3.15. The molecule has 1 aromatic carbocycles. The fourth-order valence-corrected chi connectivity index (χ4v) is 1.99. The minimum Gasteiger partial charge on any atom is -0.507 e. The SMILES string of the molecule is CCCC[C@@H](O)[C@@H](N)c1c(O)cc(OC)cc1OC. The summed E-state index contributed by atoms with van der Waals surface area (Å²) in [5, 5.41) is 20.1. The number of hydrogen-bond acceptors (Lipinski definition) is 5. The van der Waals surface area contributed by atoms with Gasteiger partial charge in [-0.15, -0.1) is 0 Å². The van der Waals surface area contributed by atoms with Gasteiger partial charge in [0.05, 0.1) is 31.9 Å². The summed E-state index contributed by atoms with van der Waals surface area (Å²) in [6, 6.07) is 2.42. The van der Waals surface area contributed by atoms with E-state index in [0.717, 1.165) is 12.8 Å². The summed E-state index contributed by atoms with van der Waals surface area (Å²) in [4.78, 5) is 0. The minimum atomic E-state index is -0.715. The maximum atomic E-state index is 10.1. The van der Waals surface area contributed by atoms with Crippen LogP contribution in [0.15, 0.2) is 12.1 Å². The third-order valence-electron chi connectivity index (χ3n) is 3.15. The standard InChI is InChI=1S/C14H23NO4/c1-4-5-6-10(16)14(15)13-11(17)7-9(18-2)8-12(13)19-3/h7-8,10,14,16-17H,4-6,15H2,1-3H3/t10-,14-/m1/s1. The number of benzene rings is 1. The van der Waals surface area contributed by atoms with E-state index in [9.17, 15) is 10.2 Å². The number of aromatic hydroxyl groups is 1. The molecule has 1 rings (SSSR count). The van der Waals surface area contributed by atoms with Crippen LogP contribution >= 0.6 is 0 Å². The fraction of sp³-hybridized carbons (Fsp3) is 0.571. The van der Waals surface area contributed by atoms with E-state index in [4.69, 9.17) is 15.2 Å². The van der Waals surface area contributed by atoms with Gasteiger partial charge in [0.15, 0.2) is 0 Å². The van der Waals surface area contributed by atoms with Crippen molar-refractivity contribution in [2.24, 2.45) is 5.73 Å². The Morgan fingerprint density at radius 2 is 1.95 bits per heavy atom. The van der Waals surface area contributed by atoms with Crippen LogP contribution in [0.4, 0.5) is 0 Å². The van der Waals surface area contributed by atoms with Crippen LogP contribution in [0, 0.1) is 0 Å². The van der Waals surface area contributed by atoms with Gasteiger partial charge in [0.25, 0.3) is 0 Å². The van der Waals surface area contributed by atoms with E-state index in [1.165, 1.54) is 20.3 Å². The van der Waals surface area contributed by atoms with E-state index >= 15 is 0 Å². The highest BCUT2D eigenvalue weighted by Gasteiger charge is 2.24. The quantitative estimate of drug-likeness (QED) is 0.704. The molecule has 0 aliphatic rings. The summed E-state index contributed by atoms with van der Waals surface area (Å²) in [7, 11) is 2.99. The van der Waals surface area contributed by atoms with Crippen LogP contribution in [-0.2, 0) is 0 Å². The summed E-state index contributed by atoms with van der Waals surface area (Å²) < 4.78 is 10.3. The zero-order valence-electron chi connectivity index (χ0n) is 11.7. The second-order valence-electron chi connectivity index (χ2n) is 4.50. The third kappa shape index (κ3) is 3.75. The van der Waals surface area contributed by atoms with Gasteiger partial charge in [-0.2, -0.15) is 0 Å². The average molecular weight is 269 g/mol. The molecule has 0 radical (unpaired) electrons. The Bertz CT molecular complexity index is 409. The van der Waals surface area contributed by atoms with Crippen molar-refractivity contribution in [2.45, 2.75) is 38.3 Å². The lowest BCUT2D eigenvalue weighted by Crippen LogP contribution is -2.26. The van der Waals surface area contributed by atoms with Crippen molar-refractivity contribution in [1.29, 1.82) is 0 Å². The number of nitrogens with two attached hydrogens (primary N) is 1. The highest BCUT2D eigenvalue weighted by molar-refractivity contribution is 5.51. The van der Waals surface area contributed by atoms with Gasteiger partial charge in [-0.1, -0.05) is 19.8 Å². The van der Waals surface area contributed by atoms with Crippen molar-refractivity contribution in [3.63, 3.8) is 0 Å². The molecular weight excluding hydrogens is 246 g/mol. The second-order valence-corrected chi connectivity index (χ2v) is 4.50. The van der Waals surface area contributed by atoms with Crippen LogP contribution in [0.2, 0.25) is 0 Å². The molecule has 5 heteroatoms. The lowest BCUT2D eigenvalue weighted by Gasteiger charge is -2.22. The first kappa shape index (κ1) is 15.6. The Kier molecular flexibility index (Phi) is 5.92. The maximum absolute atomic E-state index is 10.1. The maximum Gasteiger partial charge on any atom is 0.131 e. The first-order valence-corrected chi connectivity index (χ1v) is 6.43. The number of unbranched alkanes of at least 4 members (excludes halogenated alkanes) is 1. The average Bonchev–Trinajstić information content (AvgIpc) is 2.42. The molecule has 0 spiro atoms. The first-order valence-electron chi connectivity index (χ1n) is 6.43. The molecule has 0 aromatic heterocycles. The molecule has 0 saturated heterocycles. The molecule has 0 aliphatic heterocycles. The topological polar surface area (TPSA) is 84.9 Å². The summed E-state index contributed by atoms with van der Waals surface area (Å²) in [5.74, 6) is 0.868. The summed E-state index contributed by atoms with van der Waals surface area (Å²) >= 11 is 0. The van der Waals surface area contributed by atoms with Crippen LogP contribution < -0.4 is 15.2 Å². The van der Waals surface area contributed by atoms with Crippen LogP contribution in [0.5, 0.6) is 17.2 Å². The van der Waals surface area contributed by atoms with Crippen molar-refractivity contribution < 1.29 is 19.7 Å². The van der Waals surface area contributed by atoms with Gasteiger partial charge in [0.1, 0.15) is 17.2 Å². The van der Waals surface area contributed by atoms with E-state index in [0.29, 0.717) is 23.5 Å². The Morgan fingerprint density at radius 3 is 2.47 bits per heavy atom. The molecule has 4 N–H and O–H groups in total. The van der Waals surface area contributed by atoms with E-state index in [-0.39, 0.29) is 5.75 Å². The van der Waals surface area contributed by atoms with Gasteiger partial charge in [0, 0.05) is 12.1 Å². The van der Waals surface area contributed by atoms with Crippen molar-refractivity contribution in [3.8, 4) is 17.2 Å². The van der Waals surface area contributed by atoms with E-state index in [1.54, 1.807) is 6.07 Å². The van der Waals surface area contributed by atoms with Crippen LogP contribution in [0.1, 0.15) is 37.8 Å². The second kappa shape index (κ2) is 7.21. The van der Waals surface area contributed by atoms with E-state index in [1.807, 2.05) is 6.92 Å². The molecule has 0 saturated carbocycles. The number of phenols is 1. The molecule has 1 aromatic rings. The number of ether oxygens (including phenoxy) is 2. The summed E-state index contributed by atoms with van der Waals surface area (Å²) in [5.41, 5.74) is 6.43. The van der Waals surface area contributed by atoms with Crippen LogP contribution in [-0.4, -0.2) is 30.5 Å². The van der Waals surface area contributed by atoms with Gasteiger partial charge in [-0.25, -0.2) is 0 Å². The van der Waals surface area contributed by atoms with E-state index in [2.05, 4.69) is 0 Å². The number of methoxy groups -OCH3 is 2. The van der Waals surface area contributed by atoms with Crippen LogP contribution in [0.3, 0.4) is 0 Å². The molecule has 108 valence electrons. The molecule has 0 fully saturated rings. The van der Waals surface area contributed by atoms with Gasteiger partial charge < -0.3 is 25.4 Å². The summed E-state index contributed by atoms with van der Waals surface area (Å²) in [6.45, 7) is 2.05. The van der Waals surface area contributed by atoms with Crippen molar-refractivity contribution in [2.75, 3.05) is 14.2 Å². The first-order chi connectivity index (χ1) is 9.04. The zero-order chi connectivity index (χ0) is 14.4. The Balaban J connectivity index is 3.04. The highest BCUT2D eigenvalue weighted by atomic mass is 16.5. The Morgan fingerprint density at radius 1 is 1.26 bits per heavy atom. The monoisotopic (exact) mass is 269 g/mol. The largest absolute Gasteiger partial charge is 0.507 e. The van der Waals surface area contributed by atoms with Crippen molar-refractivity contribution in [3.05, 3.63) is 17.7 Å².